The second-order valence-corrected chi connectivity index (χ2v) is 7.11. The van der Waals surface area contributed by atoms with Crippen molar-refractivity contribution in [2.24, 2.45) is 4.99 Å². The van der Waals surface area contributed by atoms with E-state index in [1.54, 1.807) is 0 Å². The van der Waals surface area contributed by atoms with Gasteiger partial charge in [-0.15, -0.1) is 24.0 Å². The van der Waals surface area contributed by atoms with Crippen LogP contribution < -0.4 is 16.0 Å². The Morgan fingerprint density at radius 3 is 2.32 bits per heavy atom. The molecule has 0 fully saturated rings. The first-order chi connectivity index (χ1) is 14.6. The molecule has 7 heteroatoms. The van der Waals surface area contributed by atoms with E-state index in [0.717, 1.165) is 43.4 Å². The summed E-state index contributed by atoms with van der Waals surface area (Å²) in [7, 11) is 0. The highest BCUT2D eigenvalue weighted by Gasteiger charge is 2.18. The number of rotatable bonds is 10. The molecule has 0 bridgehead atoms. The van der Waals surface area contributed by atoms with Gasteiger partial charge in [0.05, 0.1) is 12.6 Å². The molecular weight excluding hydrogens is 501 g/mol. The Hall–Kier alpha value is -2.13. The van der Waals surface area contributed by atoms with Gasteiger partial charge in [0.25, 0.3) is 0 Å². The van der Waals surface area contributed by atoms with Crippen LogP contribution in [0.25, 0.3) is 0 Å². The third-order valence-electron chi connectivity index (χ3n) is 4.91. The number of guanidine groups is 1. The number of halogens is 1. The van der Waals surface area contributed by atoms with Crippen molar-refractivity contribution in [3.63, 3.8) is 0 Å². The highest BCUT2D eigenvalue weighted by molar-refractivity contribution is 14.0. The summed E-state index contributed by atoms with van der Waals surface area (Å²) in [6, 6.07) is 18.7. The first-order valence-corrected chi connectivity index (χ1v) is 10.7. The number of carbonyl (C=O) groups is 1. The summed E-state index contributed by atoms with van der Waals surface area (Å²) in [6.45, 7) is 12.0. The van der Waals surface area contributed by atoms with Crippen molar-refractivity contribution in [2.45, 2.75) is 40.3 Å². The maximum absolute atomic E-state index is 11.3. The Labute approximate surface area is 203 Å². The smallest absolute Gasteiger partial charge is 0.221 e. The molecule has 0 aliphatic carbocycles. The molecule has 0 aliphatic heterocycles. The number of benzene rings is 2. The van der Waals surface area contributed by atoms with Crippen molar-refractivity contribution >= 4 is 41.5 Å². The zero-order valence-corrected chi connectivity index (χ0v) is 21.4. The minimum Gasteiger partial charge on any atom is -0.357 e. The van der Waals surface area contributed by atoms with E-state index in [2.05, 4.69) is 72.0 Å². The van der Waals surface area contributed by atoms with Crippen LogP contribution in [0.1, 0.15) is 44.9 Å². The van der Waals surface area contributed by atoms with E-state index < -0.39 is 0 Å². The molecule has 1 atom stereocenters. The van der Waals surface area contributed by atoms with E-state index >= 15 is 0 Å². The minimum atomic E-state index is -0.0750. The fraction of sp³-hybridized carbons (Fsp3) is 0.417. The van der Waals surface area contributed by atoms with E-state index in [0.29, 0.717) is 6.54 Å². The second-order valence-electron chi connectivity index (χ2n) is 7.11. The zero-order valence-electron chi connectivity index (χ0n) is 19.0. The lowest BCUT2D eigenvalue weighted by molar-refractivity contribution is -0.114. The Balaban J connectivity index is 0.00000480. The Morgan fingerprint density at radius 1 is 1.00 bits per heavy atom. The molecule has 0 heterocycles. The third kappa shape index (κ3) is 9.26. The number of amides is 1. The summed E-state index contributed by atoms with van der Waals surface area (Å²) in [5.74, 6) is 0.713. The largest absolute Gasteiger partial charge is 0.357 e. The van der Waals surface area contributed by atoms with Gasteiger partial charge < -0.3 is 16.0 Å². The SMILES string of the molecule is CCNC(=NCc1cccc(NC(C)=O)c1)NCC(c1ccccc1)N(CC)CC.I. The molecule has 0 spiro atoms. The fourth-order valence-corrected chi connectivity index (χ4v) is 3.45. The van der Waals surface area contributed by atoms with E-state index in [1.165, 1.54) is 12.5 Å². The predicted molar refractivity (Wildman–Crippen MR) is 141 cm³/mol. The van der Waals surface area contributed by atoms with Crippen LogP contribution in [0, 0.1) is 0 Å². The number of likely N-dealkylation sites (N-methyl/N-ethyl adjacent to an activating group) is 1. The molecule has 2 rings (SSSR count). The van der Waals surface area contributed by atoms with Gasteiger partial charge in [-0.05, 0) is 43.3 Å². The van der Waals surface area contributed by atoms with Gasteiger partial charge in [0.1, 0.15) is 0 Å². The average Bonchev–Trinajstić information content (AvgIpc) is 2.75. The molecule has 1 amide bonds. The molecule has 0 aliphatic rings. The summed E-state index contributed by atoms with van der Waals surface area (Å²) >= 11 is 0. The molecule has 3 N–H and O–H groups in total. The predicted octanol–water partition coefficient (Wildman–Crippen LogP) is 4.40. The number of hydrogen-bond acceptors (Lipinski definition) is 3. The lowest BCUT2D eigenvalue weighted by Gasteiger charge is -2.30. The standard InChI is InChI=1S/C24H35N5O.HI/c1-5-25-24(26-17-20-12-11-15-22(16-20)28-19(4)30)27-18-23(29(6-2)7-3)21-13-9-8-10-14-21;/h8-16,23H,5-7,17-18H2,1-4H3,(H,28,30)(H2,25,26,27);1H. The van der Waals surface area contributed by atoms with Crippen LogP contribution >= 0.6 is 24.0 Å². The quantitative estimate of drug-likeness (QED) is 0.239. The summed E-state index contributed by atoms with van der Waals surface area (Å²) in [5, 5.41) is 9.66. The van der Waals surface area contributed by atoms with Crippen molar-refractivity contribution < 1.29 is 4.79 Å². The number of anilines is 1. The van der Waals surface area contributed by atoms with Gasteiger partial charge in [0.2, 0.25) is 5.91 Å². The lowest BCUT2D eigenvalue weighted by Crippen LogP contribution is -2.43. The number of nitrogens with zero attached hydrogens (tertiary/aromatic N) is 2. The first kappa shape index (κ1) is 26.9. The summed E-state index contributed by atoms with van der Waals surface area (Å²) in [4.78, 5) is 18.5. The zero-order chi connectivity index (χ0) is 21.8. The van der Waals surface area contributed by atoms with Crippen LogP contribution in [0.15, 0.2) is 59.6 Å². The number of hydrogen-bond donors (Lipinski definition) is 3. The minimum absolute atomic E-state index is 0. The van der Waals surface area contributed by atoms with Crippen LogP contribution in [0.4, 0.5) is 5.69 Å². The normalized spacial score (nSPS) is 12.1. The molecule has 0 radical (unpaired) electrons. The van der Waals surface area contributed by atoms with E-state index in [9.17, 15) is 4.79 Å². The monoisotopic (exact) mass is 537 g/mol. The van der Waals surface area contributed by atoms with Crippen LogP contribution in [0.5, 0.6) is 0 Å². The molecule has 0 saturated heterocycles. The van der Waals surface area contributed by atoms with Gasteiger partial charge >= 0.3 is 0 Å². The molecule has 0 aromatic heterocycles. The van der Waals surface area contributed by atoms with Gasteiger partial charge in [-0.2, -0.15) is 0 Å². The summed E-state index contributed by atoms with van der Waals surface area (Å²) in [6.07, 6.45) is 0. The van der Waals surface area contributed by atoms with Crippen LogP contribution in [0.3, 0.4) is 0 Å². The van der Waals surface area contributed by atoms with Gasteiger partial charge in [-0.1, -0.05) is 56.3 Å². The van der Waals surface area contributed by atoms with Crippen LogP contribution in [-0.2, 0) is 11.3 Å². The molecule has 1 unspecified atom stereocenters. The topological polar surface area (TPSA) is 68.8 Å². The van der Waals surface area contributed by atoms with Crippen LogP contribution in [0.2, 0.25) is 0 Å². The lowest BCUT2D eigenvalue weighted by atomic mass is 10.1. The van der Waals surface area contributed by atoms with E-state index in [-0.39, 0.29) is 35.9 Å². The Morgan fingerprint density at radius 2 is 1.71 bits per heavy atom. The van der Waals surface area contributed by atoms with Crippen LogP contribution in [-0.4, -0.2) is 42.9 Å². The van der Waals surface area contributed by atoms with Gasteiger partial charge in [0.15, 0.2) is 5.96 Å². The highest BCUT2D eigenvalue weighted by Crippen LogP contribution is 2.19. The summed E-state index contributed by atoms with van der Waals surface area (Å²) in [5.41, 5.74) is 3.13. The number of nitrogens with one attached hydrogen (secondary N) is 3. The third-order valence-corrected chi connectivity index (χ3v) is 4.91. The Bertz CT molecular complexity index is 809. The van der Waals surface area contributed by atoms with Gasteiger partial charge in [0, 0.05) is 25.7 Å². The van der Waals surface area contributed by atoms with E-state index in [4.69, 9.17) is 4.99 Å². The van der Waals surface area contributed by atoms with Crippen molar-refractivity contribution in [1.29, 1.82) is 0 Å². The van der Waals surface area contributed by atoms with Crippen molar-refractivity contribution in [3.05, 3.63) is 65.7 Å². The van der Waals surface area contributed by atoms with Gasteiger partial charge in [-0.3, -0.25) is 9.69 Å². The molecule has 2 aromatic carbocycles. The molecule has 0 saturated carbocycles. The molecule has 31 heavy (non-hydrogen) atoms. The molecule has 170 valence electrons. The maximum Gasteiger partial charge on any atom is 0.221 e. The van der Waals surface area contributed by atoms with Gasteiger partial charge in [-0.25, -0.2) is 4.99 Å². The molecular formula is C24H36IN5O. The number of aliphatic imine (C=N–C) groups is 1. The van der Waals surface area contributed by atoms with Crippen molar-refractivity contribution in [2.75, 3.05) is 31.5 Å². The van der Waals surface area contributed by atoms with Crippen molar-refractivity contribution in [1.82, 2.24) is 15.5 Å². The first-order valence-electron chi connectivity index (χ1n) is 10.7. The molecule has 2 aromatic rings. The van der Waals surface area contributed by atoms with E-state index in [1.807, 2.05) is 24.3 Å². The fourth-order valence-electron chi connectivity index (χ4n) is 3.45. The second kappa shape index (κ2) is 14.8. The summed E-state index contributed by atoms with van der Waals surface area (Å²) < 4.78 is 0. The maximum atomic E-state index is 11.3. The Kier molecular flexibility index (Phi) is 12.8. The molecule has 6 nitrogen and oxygen atoms in total. The van der Waals surface area contributed by atoms with Crippen molar-refractivity contribution in [3.8, 4) is 0 Å². The highest BCUT2D eigenvalue weighted by atomic mass is 127. The average molecular weight is 537 g/mol. The number of carbonyl (C=O) groups excluding carboxylic acids is 1.